The number of rotatable bonds is 12. The van der Waals surface area contributed by atoms with Crippen molar-refractivity contribution in [2.24, 2.45) is 0 Å². The van der Waals surface area contributed by atoms with Gasteiger partial charge in [0.2, 0.25) is 6.20 Å². The topological polar surface area (TPSA) is 13.1 Å². The summed E-state index contributed by atoms with van der Waals surface area (Å²) in [6.45, 7) is 5.20. The van der Waals surface area contributed by atoms with Crippen molar-refractivity contribution >= 4 is 10.9 Å². The first-order chi connectivity index (χ1) is 11.8. The van der Waals surface area contributed by atoms with Crippen LogP contribution in [-0.2, 0) is 0 Å². The lowest BCUT2D eigenvalue weighted by Crippen LogP contribution is -2.43. The minimum absolute atomic E-state index is 0.800. The van der Waals surface area contributed by atoms with Gasteiger partial charge in [0.15, 0.2) is 6.61 Å². The van der Waals surface area contributed by atoms with Crippen LogP contribution in [0.3, 0.4) is 0 Å². The fourth-order valence-electron chi connectivity index (χ4n) is 3.18. The van der Waals surface area contributed by atoms with E-state index in [4.69, 9.17) is 4.84 Å². The van der Waals surface area contributed by atoms with E-state index >= 15 is 0 Å². The molecule has 132 valence electrons. The molecule has 0 saturated carbocycles. The second-order valence-corrected chi connectivity index (χ2v) is 6.91. The Labute approximate surface area is 147 Å². The lowest BCUT2D eigenvalue weighted by Gasteiger charge is -2.03. The Morgan fingerprint density at radius 3 is 2.21 bits per heavy atom. The number of fused-ring (bicyclic) bond motifs is 1. The second kappa shape index (κ2) is 11.1. The largest absolute Gasteiger partial charge is 0.271 e. The molecule has 0 spiro atoms. The van der Waals surface area contributed by atoms with Crippen LogP contribution >= 0.6 is 0 Å². The van der Waals surface area contributed by atoms with Gasteiger partial charge in [-0.2, -0.15) is 0 Å². The van der Waals surface area contributed by atoms with Crippen molar-refractivity contribution in [1.29, 1.82) is 0 Å². The van der Waals surface area contributed by atoms with Crippen molar-refractivity contribution in [2.75, 3.05) is 6.61 Å². The van der Waals surface area contributed by atoms with Crippen LogP contribution in [0.4, 0.5) is 0 Å². The van der Waals surface area contributed by atoms with E-state index in [9.17, 15) is 0 Å². The van der Waals surface area contributed by atoms with Gasteiger partial charge in [-0.3, -0.25) is 4.84 Å². The summed E-state index contributed by atoms with van der Waals surface area (Å²) in [6.07, 6.45) is 15.6. The molecule has 0 N–H and O–H groups in total. The van der Waals surface area contributed by atoms with E-state index in [0.29, 0.717) is 0 Å². The van der Waals surface area contributed by atoms with Crippen LogP contribution in [0.1, 0.15) is 76.7 Å². The van der Waals surface area contributed by atoms with E-state index in [2.05, 4.69) is 44.2 Å². The molecule has 1 heterocycles. The first-order valence-electron chi connectivity index (χ1n) is 9.85. The standard InChI is InChI=1S/C22H34NO/c1-3-4-5-6-7-8-9-10-11-12-18-24-23-17-13-14-21-19-20(2)15-16-22(21)23/h13-17,19H,3-12,18H2,1-2H3/q+1. The molecule has 0 aliphatic rings. The van der Waals surface area contributed by atoms with Crippen LogP contribution in [0, 0.1) is 6.92 Å². The van der Waals surface area contributed by atoms with E-state index in [1.54, 1.807) is 0 Å². The fourth-order valence-corrected chi connectivity index (χ4v) is 3.18. The predicted octanol–water partition coefficient (Wildman–Crippen LogP) is 5.79. The highest BCUT2D eigenvalue weighted by atomic mass is 16.7. The molecule has 2 rings (SSSR count). The number of aromatic nitrogens is 1. The summed E-state index contributed by atoms with van der Waals surface area (Å²) >= 11 is 0. The molecule has 2 nitrogen and oxygen atoms in total. The van der Waals surface area contributed by atoms with Crippen molar-refractivity contribution in [1.82, 2.24) is 0 Å². The molecule has 0 aliphatic heterocycles. The molecule has 1 aromatic carbocycles. The van der Waals surface area contributed by atoms with Gasteiger partial charge in [0.1, 0.15) is 0 Å². The Hall–Kier alpha value is -1.57. The van der Waals surface area contributed by atoms with Crippen LogP contribution in [0.25, 0.3) is 10.9 Å². The number of nitrogens with zero attached hydrogens (tertiary/aromatic N) is 1. The van der Waals surface area contributed by atoms with Gasteiger partial charge >= 0.3 is 0 Å². The average Bonchev–Trinajstić information content (AvgIpc) is 2.59. The Morgan fingerprint density at radius 1 is 0.833 bits per heavy atom. The highest BCUT2D eigenvalue weighted by molar-refractivity contribution is 5.75. The van der Waals surface area contributed by atoms with E-state index in [-0.39, 0.29) is 0 Å². The van der Waals surface area contributed by atoms with Crippen LogP contribution in [0.5, 0.6) is 0 Å². The van der Waals surface area contributed by atoms with Crippen molar-refractivity contribution in [3.63, 3.8) is 0 Å². The molecule has 0 atom stereocenters. The smallest absolute Gasteiger partial charge is 0.264 e. The zero-order valence-electron chi connectivity index (χ0n) is 15.6. The van der Waals surface area contributed by atoms with Crippen LogP contribution in [-0.4, -0.2) is 6.61 Å². The third-order valence-corrected chi connectivity index (χ3v) is 4.65. The minimum Gasteiger partial charge on any atom is -0.271 e. The summed E-state index contributed by atoms with van der Waals surface area (Å²) in [6, 6.07) is 10.7. The van der Waals surface area contributed by atoms with E-state index < -0.39 is 0 Å². The van der Waals surface area contributed by atoms with Gasteiger partial charge in [-0.1, -0.05) is 69.9 Å². The van der Waals surface area contributed by atoms with Gasteiger partial charge < -0.3 is 0 Å². The van der Waals surface area contributed by atoms with Gasteiger partial charge in [-0.25, -0.2) is 0 Å². The summed E-state index contributed by atoms with van der Waals surface area (Å²) in [5, 5.41) is 1.24. The summed E-state index contributed by atoms with van der Waals surface area (Å²) < 4.78 is 1.92. The van der Waals surface area contributed by atoms with E-state index in [1.165, 1.54) is 68.7 Å². The molecule has 0 unspecified atom stereocenters. The van der Waals surface area contributed by atoms with Crippen molar-refractivity contribution in [3.05, 3.63) is 42.1 Å². The predicted molar refractivity (Wildman–Crippen MR) is 102 cm³/mol. The number of aryl methyl sites for hydroxylation is 1. The first kappa shape index (κ1) is 18.8. The zero-order chi connectivity index (χ0) is 17.0. The number of benzene rings is 1. The van der Waals surface area contributed by atoms with Crippen molar-refractivity contribution < 1.29 is 9.57 Å². The fraction of sp³-hybridized carbons (Fsp3) is 0.591. The van der Waals surface area contributed by atoms with Gasteiger partial charge in [-0.05, 0) is 31.9 Å². The maximum atomic E-state index is 5.95. The lowest BCUT2D eigenvalue weighted by atomic mass is 10.1. The molecule has 0 amide bonds. The molecule has 0 fully saturated rings. The quantitative estimate of drug-likeness (QED) is 0.355. The van der Waals surface area contributed by atoms with Crippen LogP contribution in [0.15, 0.2) is 36.5 Å². The Balaban J connectivity index is 1.58. The summed E-state index contributed by atoms with van der Waals surface area (Å²) in [5.74, 6) is 0. The monoisotopic (exact) mass is 328 g/mol. The van der Waals surface area contributed by atoms with Gasteiger partial charge in [0.05, 0.1) is 5.39 Å². The van der Waals surface area contributed by atoms with E-state index in [1.807, 2.05) is 10.9 Å². The molecule has 0 radical (unpaired) electrons. The second-order valence-electron chi connectivity index (χ2n) is 6.91. The Bertz CT molecular complexity index is 594. The van der Waals surface area contributed by atoms with Crippen LogP contribution in [0.2, 0.25) is 0 Å². The average molecular weight is 329 g/mol. The van der Waals surface area contributed by atoms with Crippen molar-refractivity contribution in [3.8, 4) is 0 Å². The Morgan fingerprint density at radius 2 is 1.50 bits per heavy atom. The first-order valence-corrected chi connectivity index (χ1v) is 9.85. The summed E-state index contributed by atoms with van der Waals surface area (Å²) in [4.78, 5) is 5.95. The van der Waals surface area contributed by atoms with Crippen molar-refractivity contribution in [2.45, 2.75) is 78.1 Å². The van der Waals surface area contributed by atoms with Gasteiger partial charge in [0, 0.05) is 16.9 Å². The number of hydrogen-bond acceptors (Lipinski definition) is 1. The maximum absolute atomic E-state index is 5.95. The molecule has 2 aromatic rings. The Kier molecular flexibility index (Phi) is 8.65. The third-order valence-electron chi connectivity index (χ3n) is 4.65. The molecular formula is C22H34NO+. The van der Waals surface area contributed by atoms with Crippen LogP contribution < -0.4 is 9.57 Å². The molecule has 2 heteroatoms. The van der Waals surface area contributed by atoms with Gasteiger partial charge in [0.25, 0.3) is 5.52 Å². The number of pyridine rings is 1. The molecule has 0 aliphatic carbocycles. The minimum atomic E-state index is 0.800. The molecule has 1 aromatic heterocycles. The normalized spacial score (nSPS) is 11.1. The van der Waals surface area contributed by atoms with E-state index in [0.717, 1.165) is 18.5 Å². The number of unbranched alkanes of at least 4 members (excludes halogenated alkanes) is 9. The summed E-state index contributed by atoms with van der Waals surface area (Å²) in [7, 11) is 0. The summed E-state index contributed by atoms with van der Waals surface area (Å²) in [5.41, 5.74) is 2.44. The SMILES string of the molecule is CCCCCCCCCCCCO[n+]1cccc2cc(C)ccc21. The maximum Gasteiger partial charge on any atom is 0.264 e. The molecular weight excluding hydrogens is 294 g/mol. The molecule has 0 saturated heterocycles. The molecule has 0 bridgehead atoms. The third kappa shape index (κ3) is 6.51. The van der Waals surface area contributed by atoms with Gasteiger partial charge in [-0.15, -0.1) is 0 Å². The molecule has 24 heavy (non-hydrogen) atoms. The lowest BCUT2D eigenvalue weighted by molar-refractivity contribution is -0.871. The zero-order valence-corrected chi connectivity index (χ0v) is 15.6. The highest BCUT2D eigenvalue weighted by Gasteiger charge is 2.09. The highest BCUT2D eigenvalue weighted by Crippen LogP contribution is 2.12. The number of hydrogen-bond donors (Lipinski definition) is 0.